The molecule has 0 bridgehead atoms. The Hall–Kier alpha value is -4.26. The number of fused-ring (bicyclic) bond motifs is 1. The molecule has 0 amide bonds. The Kier molecular flexibility index (Phi) is 5.45. The van der Waals surface area contributed by atoms with Crippen LogP contribution >= 0.6 is 0 Å². The zero-order valence-corrected chi connectivity index (χ0v) is 19.1. The predicted octanol–water partition coefficient (Wildman–Crippen LogP) is 5.03. The van der Waals surface area contributed by atoms with Gasteiger partial charge in [-0.1, -0.05) is 0 Å². The Labute approximate surface area is 195 Å². The largest absolute Gasteiger partial charge is 0.487 e. The lowest BCUT2D eigenvalue weighted by Gasteiger charge is -2.10. The second-order valence-electron chi connectivity index (χ2n) is 8.33. The van der Waals surface area contributed by atoms with E-state index in [1.54, 1.807) is 40.7 Å². The molecule has 170 valence electrons. The quantitative estimate of drug-likeness (QED) is 0.374. The van der Waals surface area contributed by atoms with Crippen LogP contribution in [0.2, 0.25) is 0 Å². The summed E-state index contributed by atoms with van der Waals surface area (Å²) in [6, 6.07) is 17.6. The van der Waals surface area contributed by atoms with E-state index in [0.29, 0.717) is 5.75 Å². The summed E-state index contributed by atoms with van der Waals surface area (Å²) in [5, 5.41) is 5.32. The molecule has 6 nitrogen and oxygen atoms in total. The summed E-state index contributed by atoms with van der Waals surface area (Å²) in [7, 11) is 3.58. The molecular formula is C27H23FN4O2. The molecule has 0 aliphatic carbocycles. The average Bonchev–Trinajstić information content (AvgIpc) is 3.20. The third kappa shape index (κ3) is 4.20. The predicted molar refractivity (Wildman–Crippen MR) is 130 cm³/mol. The number of rotatable bonds is 5. The number of nitrogens with zero attached hydrogens (tertiary/aromatic N) is 4. The highest BCUT2D eigenvalue weighted by Crippen LogP contribution is 2.28. The van der Waals surface area contributed by atoms with Crippen molar-refractivity contribution >= 4 is 10.9 Å². The molecule has 0 fully saturated rings. The third-order valence-electron chi connectivity index (χ3n) is 5.77. The Morgan fingerprint density at radius 3 is 2.47 bits per heavy atom. The van der Waals surface area contributed by atoms with Crippen molar-refractivity contribution in [2.45, 2.75) is 13.5 Å². The van der Waals surface area contributed by atoms with E-state index >= 15 is 0 Å². The zero-order chi connectivity index (χ0) is 23.8. The number of aromatic nitrogens is 4. The average molecular weight is 455 g/mol. The van der Waals surface area contributed by atoms with Gasteiger partial charge in [0.2, 0.25) is 5.56 Å². The molecule has 0 N–H and O–H groups in total. The van der Waals surface area contributed by atoms with Gasteiger partial charge in [0.05, 0.1) is 11.2 Å². The summed E-state index contributed by atoms with van der Waals surface area (Å²) in [4.78, 5) is 16.5. The minimum atomic E-state index is -0.268. The molecule has 0 unspecified atom stereocenters. The lowest BCUT2D eigenvalue weighted by atomic mass is 10.0. The summed E-state index contributed by atoms with van der Waals surface area (Å²) < 4.78 is 22.8. The number of halogens is 1. The second-order valence-corrected chi connectivity index (χ2v) is 8.33. The number of benzene rings is 2. The summed E-state index contributed by atoms with van der Waals surface area (Å²) in [6.07, 6.45) is 3.71. The van der Waals surface area contributed by atoms with Crippen molar-refractivity contribution < 1.29 is 9.13 Å². The van der Waals surface area contributed by atoms with E-state index in [0.717, 1.165) is 44.5 Å². The highest BCUT2D eigenvalue weighted by Gasteiger charge is 2.12. The fourth-order valence-corrected chi connectivity index (χ4v) is 4.04. The van der Waals surface area contributed by atoms with Crippen molar-refractivity contribution in [2.24, 2.45) is 14.1 Å². The fourth-order valence-electron chi connectivity index (χ4n) is 4.04. The standard InChI is InChI=1S/C27H23FN4O2/c1-17-12-20-13-21(28)7-10-24(20)29-27(17)18-4-8-22(9-5-18)34-16-25-23(15-32(3)30-25)19-6-11-26(33)31(2)14-19/h4-15H,16H2,1-3H3. The highest BCUT2D eigenvalue weighted by atomic mass is 19.1. The van der Waals surface area contributed by atoms with Gasteiger partial charge in [0.1, 0.15) is 23.9 Å². The molecule has 5 aromatic rings. The van der Waals surface area contributed by atoms with Gasteiger partial charge < -0.3 is 9.30 Å². The first-order valence-electron chi connectivity index (χ1n) is 10.9. The van der Waals surface area contributed by atoms with Crippen LogP contribution in [-0.4, -0.2) is 19.3 Å². The molecule has 5 rings (SSSR count). The minimum absolute atomic E-state index is 0.0613. The molecule has 0 atom stereocenters. The van der Waals surface area contributed by atoms with Gasteiger partial charge in [-0.25, -0.2) is 9.37 Å². The van der Waals surface area contributed by atoms with Gasteiger partial charge in [-0.2, -0.15) is 5.10 Å². The lowest BCUT2D eigenvalue weighted by molar-refractivity contribution is 0.300. The minimum Gasteiger partial charge on any atom is -0.487 e. The third-order valence-corrected chi connectivity index (χ3v) is 5.77. The molecule has 3 aromatic heterocycles. The smallest absolute Gasteiger partial charge is 0.250 e. The summed E-state index contributed by atoms with van der Waals surface area (Å²) in [6.45, 7) is 2.26. The molecule has 0 saturated carbocycles. The van der Waals surface area contributed by atoms with Gasteiger partial charge in [0, 0.05) is 54.6 Å². The molecule has 7 heteroatoms. The molecule has 2 aromatic carbocycles. The van der Waals surface area contributed by atoms with Crippen LogP contribution in [0.3, 0.4) is 0 Å². The summed E-state index contributed by atoms with van der Waals surface area (Å²) in [5.41, 5.74) is 6.08. The van der Waals surface area contributed by atoms with Gasteiger partial charge in [-0.05, 0) is 67.1 Å². The van der Waals surface area contributed by atoms with E-state index in [1.807, 2.05) is 50.5 Å². The summed E-state index contributed by atoms with van der Waals surface area (Å²) in [5.74, 6) is 0.441. The molecular weight excluding hydrogens is 431 g/mol. The van der Waals surface area contributed by atoms with E-state index in [1.165, 1.54) is 12.1 Å². The van der Waals surface area contributed by atoms with E-state index in [-0.39, 0.29) is 18.0 Å². The van der Waals surface area contributed by atoms with Gasteiger partial charge in [0.15, 0.2) is 0 Å². The highest BCUT2D eigenvalue weighted by molar-refractivity contribution is 5.83. The van der Waals surface area contributed by atoms with Gasteiger partial charge in [0.25, 0.3) is 0 Å². The maximum Gasteiger partial charge on any atom is 0.250 e. The number of pyridine rings is 2. The van der Waals surface area contributed by atoms with Crippen LogP contribution in [0.15, 0.2) is 77.9 Å². The van der Waals surface area contributed by atoms with Crippen LogP contribution in [-0.2, 0) is 20.7 Å². The van der Waals surface area contributed by atoms with Gasteiger partial charge in [-0.15, -0.1) is 0 Å². The van der Waals surface area contributed by atoms with Crippen molar-refractivity contribution in [1.29, 1.82) is 0 Å². The number of aryl methyl sites for hydroxylation is 3. The Morgan fingerprint density at radius 1 is 0.941 bits per heavy atom. The molecule has 0 spiro atoms. The lowest BCUT2D eigenvalue weighted by Crippen LogP contribution is -2.14. The fraction of sp³-hybridized carbons (Fsp3) is 0.148. The van der Waals surface area contributed by atoms with E-state index in [9.17, 15) is 9.18 Å². The van der Waals surface area contributed by atoms with E-state index in [4.69, 9.17) is 9.72 Å². The number of ether oxygens (including phenoxy) is 1. The second kappa shape index (κ2) is 8.59. The number of hydrogen-bond donors (Lipinski definition) is 0. The monoisotopic (exact) mass is 454 g/mol. The first kappa shape index (κ1) is 21.6. The van der Waals surface area contributed by atoms with Crippen LogP contribution in [0, 0.1) is 12.7 Å². The number of hydrogen-bond acceptors (Lipinski definition) is 4. The normalized spacial score (nSPS) is 11.2. The zero-order valence-electron chi connectivity index (χ0n) is 19.1. The van der Waals surface area contributed by atoms with Crippen molar-refractivity contribution in [3.05, 3.63) is 100 Å². The van der Waals surface area contributed by atoms with Crippen molar-refractivity contribution in [3.63, 3.8) is 0 Å². The maximum absolute atomic E-state index is 13.5. The van der Waals surface area contributed by atoms with Crippen LogP contribution in [0.5, 0.6) is 5.75 Å². The van der Waals surface area contributed by atoms with E-state index in [2.05, 4.69) is 5.10 Å². The van der Waals surface area contributed by atoms with Crippen molar-refractivity contribution in [3.8, 4) is 28.1 Å². The van der Waals surface area contributed by atoms with Gasteiger partial charge in [-0.3, -0.25) is 9.48 Å². The molecule has 3 heterocycles. The topological polar surface area (TPSA) is 61.9 Å². The Morgan fingerprint density at radius 2 is 1.71 bits per heavy atom. The Balaban J connectivity index is 1.36. The molecule has 0 saturated heterocycles. The van der Waals surface area contributed by atoms with Crippen molar-refractivity contribution in [2.75, 3.05) is 0 Å². The maximum atomic E-state index is 13.5. The molecule has 0 aliphatic rings. The first-order chi connectivity index (χ1) is 16.4. The Bertz CT molecular complexity index is 1570. The van der Waals surface area contributed by atoms with Crippen molar-refractivity contribution in [1.82, 2.24) is 19.3 Å². The van der Waals surface area contributed by atoms with Crippen LogP contribution in [0.25, 0.3) is 33.3 Å². The molecule has 0 radical (unpaired) electrons. The van der Waals surface area contributed by atoms with Crippen LogP contribution in [0.4, 0.5) is 4.39 Å². The molecule has 34 heavy (non-hydrogen) atoms. The van der Waals surface area contributed by atoms with E-state index < -0.39 is 0 Å². The molecule has 0 aliphatic heterocycles. The first-order valence-corrected chi connectivity index (χ1v) is 10.9. The van der Waals surface area contributed by atoms with Gasteiger partial charge >= 0.3 is 0 Å². The summed E-state index contributed by atoms with van der Waals surface area (Å²) >= 11 is 0. The van der Waals surface area contributed by atoms with Crippen LogP contribution in [0.1, 0.15) is 11.3 Å². The SMILES string of the molecule is Cc1cc2cc(F)ccc2nc1-c1ccc(OCc2nn(C)cc2-c2ccc(=O)n(C)c2)cc1. The van der Waals surface area contributed by atoms with Crippen LogP contribution < -0.4 is 10.3 Å².